The molecule has 2 nitrogen and oxygen atoms in total. The van der Waals surface area contributed by atoms with E-state index in [1.165, 1.54) is 11.6 Å². The molecular weight excluding hydrogens is 263 g/mol. The molecule has 21 heavy (non-hydrogen) atoms. The number of hydrogen-bond acceptors (Lipinski definition) is 2. The quantitative estimate of drug-likeness (QED) is 0.907. The predicted octanol–water partition coefficient (Wildman–Crippen LogP) is 3.19. The van der Waals surface area contributed by atoms with E-state index in [-0.39, 0.29) is 5.82 Å². The van der Waals surface area contributed by atoms with Crippen molar-refractivity contribution in [3.8, 4) is 0 Å². The number of hydrogen-bond donors (Lipinski definition) is 1. The molecule has 1 unspecified atom stereocenters. The number of benzene rings is 2. The van der Waals surface area contributed by atoms with Crippen molar-refractivity contribution in [1.29, 1.82) is 0 Å². The van der Waals surface area contributed by atoms with Gasteiger partial charge in [-0.25, -0.2) is 4.39 Å². The van der Waals surface area contributed by atoms with Crippen LogP contribution >= 0.6 is 0 Å². The Labute approximate surface area is 125 Å². The summed E-state index contributed by atoms with van der Waals surface area (Å²) in [4.78, 5) is 2.45. The van der Waals surface area contributed by atoms with Crippen molar-refractivity contribution in [3.63, 3.8) is 0 Å². The maximum Gasteiger partial charge on any atom is 0.127 e. The Kier molecular flexibility index (Phi) is 4.63. The normalized spacial score (nSPS) is 19.0. The monoisotopic (exact) mass is 284 g/mol. The molecule has 1 aliphatic rings. The van der Waals surface area contributed by atoms with Crippen molar-refractivity contribution in [2.45, 2.75) is 25.6 Å². The molecule has 0 spiro atoms. The van der Waals surface area contributed by atoms with Crippen molar-refractivity contribution in [2.75, 3.05) is 13.1 Å². The minimum atomic E-state index is -0.121. The van der Waals surface area contributed by atoms with Crippen LogP contribution in [-0.2, 0) is 13.1 Å². The number of nitrogens with one attached hydrogen (secondary N) is 1. The summed E-state index contributed by atoms with van der Waals surface area (Å²) in [5.41, 5.74) is 2.10. The van der Waals surface area contributed by atoms with Gasteiger partial charge in [0.2, 0.25) is 0 Å². The van der Waals surface area contributed by atoms with Gasteiger partial charge in [-0.1, -0.05) is 48.5 Å². The summed E-state index contributed by atoms with van der Waals surface area (Å²) in [7, 11) is 0. The van der Waals surface area contributed by atoms with E-state index in [2.05, 4.69) is 34.5 Å². The fraction of sp³-hybridized carbons (Fsp3) is 0.333. The predicted molar refractivity (Wildman–Crippen MR) is 83.4 cm³/mol. The summed E-state index contributed by atoms with van der Waals surface area (Å²) in [5.74, 6) is -0.121. The number of likely N-dealkylation sites (tertiary alicyclic amines) is 1. The smallest absolute Gasteiger partial charge is 0.127 e. The first-order chi connectivity index (χ1) is 10.3. The molecule has 0 radical (unpaired) electrons. The average Bonchev–Trinajstić information content (AvgIpc) is 2.95. The highest BCUT2D eigenvalue weighted by molar-refractivity contribution is 5.17. The van der Waals surface area contributed by atoms with E-state index in [4.69, 9.17) is 0 Å². The van der Waals surface area contributed by atoms with Gasteiger partial charge in [0.15, 0.2) is 0 Å². The van der Waals surface area contributed by atoms with Crippen molar-refractivity contribution < 1.29 is 4.39 Å². The second kappa shape index (κ2) is 6.83. The second-order valence-electron chi connectivity index (χ2n) is 5.68. The number of halogens is 1. The Hall–Kier alpha value is -1.71. The van der Waals surface area contributed by atoms with Crippen LogP contribution in [0.15, 0.2) is 54.6 Å². The van der Waals surface area contributed by atoms with Gasteiger partial charge in [0.05, 0.1) is 0 Å². The van der Waals surface area contributed by atoms with E-state index < -0.39 is 0 Å². The Morgan fingerprint density at radius 1 is 1.05 bits per heavy atom. The summed E-state index contributed by atoms with van der Waals surface area (Å²) in [5, 5.41) is 3.47. The summed E-state index contributed by atoms with van der Waals surface area (Å²) >= 11 is 0. The Balaban J connectivity index is 1.48. The summed E-state index contributed by atoms with van der Waals surface area (Å²) in [6.45, 7) is 3.74. The molecule has 1 atom stereocenters. The Morgan fingerprint density at radius 2 is 1.81 bits per heavy atom. The number of nitrogens with zero attached hydrogens (tertiary/aromatic N) is 1. The molecule has 3 rings (SSSR count). The van der Waals surface area contributed by atoms with Crippen LogP contribution in [0.25, 0.3) is 0 Å². The van der Waals surface area contributed by atoms with Crippen LogP contribution in [0.4, 0.5) is 4.39 Å². The van der Waals surface area contributed by atoms with E-state index in [0.29, 0.717) is 12.6 Å². The fourth-order valence-electron chi connectivity index (χ4n) is 2.88. The van der Waals surface area contributed by atoms with E-state index in [1.54, 1.807) is 6.07 Å². The van der Waals surface area contributed by atoms with Gasteiger partial charge < -0.3 is 5.32 Å². The van der Waals surface area contributed by atoms with Gasteiger partial charge in [-0.05, 0) is 18.1 Å². The lowest BCUT2D eigenvalue weighted by Crippen LogP contribution is -2.32. The largest absolute Gasteiger partial charge is 0.308 e. The zero-order chi connectivity index (χ0) is 14.5. The van der Waals surface area contributed by atoms with Crippen molar-refractivity contribution in [2.24, 2.45) is 0 Å². The molecule has 2 aromatic rings. The average molecular weight is 284 g/mol. The zero-order valence-electron chi connectivity index (χ0n) is 12.1. The highest BCUT2D eigenvalue weighted by Gasteiger charge is 2.22. The van der Waals surface area contributed by atoms with Crippen LogP contribution in [0.1, 0.15) is 17.5 Å². The molecule has 0 saturated carbocycles. The van der Waals surface area contributed by atoms with Gasteiger partial charge in [0.1, 0.15) is 5.82 Å². The Bertz CT molecular complexity index is 570. The van der Waals surface area contributed by atoms with Crippen LogP contribution in [0.2, 0.25) is 0 Å². The first kappa shape index (κ1) is 14.2. The molecule has 0 aliphatic carbocycles. The first-order valence-electron chi connectivity index (χ1n) is 7.54. The van der Waals surface area contributed by atoms with Crippen molar-refractivity contribution >= 4 is 0 Å². The third-order valence-corrected chi connectivity index (χ3v) is 4.06. The topological polar surface area (TPSA) is 15.3 Å². The van der Waals surface area contributed by atoms with E-state index >= 15 is 0 Å². The van der Waals surface area contributed by atoms with E-state index in [1.807, 2.05) is 18.2 Å². The molecule has 110 valence electrons. The zero-order valence-corrected chi connectivity index (χ0v) is 12.1. The second-order valence-corrected chi connectivity index (χ2v) is 5.68. The van der Waals surface area contributed by atoms with Crippen LogP contribution in [-0.4, -0.2) is 24.0 Å². The molecule has 0 aromatic heterocycles. The molecule has 1 aliphatic heterocycles. The highest BCUT2D eigenvalue weighted by Crippen LogP contribution is 2.14. The maximum atomic E-state index is 13.6. The molecule has 1 heterocycles. The summed E-state index contributed by atoms with van der Waals surface area (Å²) < 4.78 is 13.6. The van der Waals surface area contributed by atoms with Gasteiger partial charge in [-0.15, -0.1) is 0 Å². The van der Waals surface area contributed by atoms with Crippen LogP contribution in [0.5, 0.6) is 0 Å². The molecule has 2 aromatic carbocycles. The number of rotatable bonds is 5. The SMILES string of the molecule is Fc1ccccc1CNC1CCN(Cc2ccccc2)C1. The third-order valence-electron chi connectivity index (χ3n) is 4.06. The van der Waals surface area contributed by atoms with Gasteiger partial charge in [-0.3, -0.25) is 4.90 Å². The van der Waals surface area contributed by atoms with Gasteiger partial charge in [-0.2, -0.15) is 0 Å². The minimum absolute atomic E-state index is 0.121. The van der Waals surface area contributed by atoms with Crippen LogP contribution < -0.4 is 5.32 Å². The summed E-state index contributed by atoms with van der Waals surface area (Å²) in [6.07, 6.45) is 1.13. The van der Waals surface area contributed by atoms with E-state index in [9.17, 15) is 4.39 Å². The molecule has 1 saturated heterocycles. The van der Waals surface area contributed by atoms with Crippen molar-refractivity contribution in [3.05, 3.63) is 71.5 Å². The molecule has 1 N–H and O–H groups in total. The van der Waals surface area contributed by atoms with E-state index in [0.717, 1.165) is 31.6 Å². The molecule has 3 heteroatoms. The lowest BCUT2D eigenvalue weighted by atomic mass is 10.2. The molecule has 0 amide bonds. The van der Waals surface area contributed by atoms with Crippen molar-refractivity contribution in [1.82, 2.24) is 10.2 Å². The fourth-order valence-corrected chi connectivity index (χ4v) is 2.88. The maximum absolute atomic E-state index is 13.6. The van der Waals surface area contributed by atoms with Gasteiger partial charge in [0, 0.05) is 37.8 Å². The van der Waals surface area contributed by atoms with Crippen LogP contribution in [0, 0.1) is 5.82 Å². The Morgan fingerprint density at radius 3 is 2.62 bits per heavy atom. The lowest BCUT2D eigenvalue weighted by molar-refractivity contribution is 0.319. The van der Waals surface area contributed by atoms with Gasteiger partial charge >= 0.3 is 0 Å². The lowest BCUT2D eigenvalue weighted by Gasteiger charge is -2.17. The minimum Gasteiger partial charge on any atom is -0.308 e. The van der Waals surface area contributed by atoms with Crippen LogP contribution in [0.3, 0.4) is 0 Å². The molecule has 1 fully saturated rings. The third kappa shape index (κ3) is 3.90. The highest BCUT2D eigenvalue weighted by atomic mass is 19.1. The molecule has 0 bridgehead atoms. The standard InChI is InChI=1S/C18H21FN2/c19-18-9-5-4-8-16(18)12-20-17-10-11-21(14-17)13-15-6-2-1-3-7-15/h1-9,17,20H,10-14H2. The first-order valence-corrected chi connectivity index (χ1v) is 7.54. The van der Waals surface area contributed by atoms with Gasteiger partial charge in [0.25, 0.3) is 0 Å². The summed E-state index contributed by atoms with van der Waals surface area (Å²) in [6, 6.07) is 18.0. The molecular formula is C18H21FN2.